The van der Waals surface area contributed by atoms with Gasteiger partial charge in [-0.2, -0.15) is 4.98 Å². The fraction of sp³-hybridized carbons (Fsp3) is 0.333. The van der Waals surface area contributed by atoms with Crippen LogP contribution in [-0.2, 0) is 17.6 Å². The molecule has 3 aromatic heterocycles. The van der Waals surface area contributed by atoms with Crippen molar-refractivity contribution >= 4 is 0 Å². The Balaban J connectivity index is 1.55. The van der Waals surface area contributed by atoms with Crippen LogP contribution in [0.5, 0.6) is 5.75 Å². The van der Waals surface area contributed by atoms with E-state index < -0.39 is 5.60 Å². The largest absolute Gasteiger partial charge is 0.487 e. The molecule has 7 nitrogen and oxygen atoms in total. The van der Waals surface area contributed by atoms with E-state index in [-0.39, 0.29) is 17.2 Å². The van der Waals surface area contributed by atoms with E-state index in [0.717, 1.165) is 28.3 Å². The lowest BCUT2D eigenvalue weighted by atomic mass is 9.70. The van der Waals surface area contributed by atoms with Crippen molar-refractivity contribution < 1.29 is 14.4 Å². The van der Waals surface area contributed by atoms with Gasteiger partial charge in [0.1, 0.15) is 18.0 Å². The maximum atomic E-state index is 10.1. The molecule has 1 unspecified atom stereocenters. The molecule has 1 aromatic carbocycles. The molecule has 0 bridgehead atoms. The quantitative estimate of drug-likeness (QED) is 0.383. The predicted octanol–water partition coefficient (Wildman–Crippen LogP) is 5.30. The average Bonchev–Trinajstić information content (AvgIpc) is 3.34. The zero-order valence-corrected chi connectivity index (χ0v) is 20.2. The molecule has 0 saturated heterocycles. The summed E-state index contributed by atoms with van der Waals surface area (Å²) in [6.45, 7) is 10.2. The van der Waals surface area contributed by atoms with Crippen molar-refractivity contribution in [1.29, 1.82) is 0 Å². The van der Waals surface area contributed by atoms with Gasteiger partial charge in [-0.1, -0.05) is 37.2 Å². The molecule has 4 rings (SSSR count). The molecule has 0 aliphatic rings. The highest BCUT2D eigenvalue weighted by Gasteiger charge is 2.34. The van der Waals surface area contributed by atoms with Gasteiger partial charge in [0, 0.05) is 23.4 Å². The summed E-state index contributed by atoms with van der Waals surface area (Å²) in [5.74, 6) is 1.66. The van der Waals surface area contributed by atoms with E-state index in [1.165, 1.54) is 0 Å². The molecule has 1 N–H and O–H groups in total. The molecule has 4 aromatic rings. The zero-order valence-electron chi connectivity index (χ0n) is 20.2. The highest BCUT2D eigenvalue weighted by Crippen LogP contribution is 2.39. The second-order valence-electron chi connectivity index (χ2n) is 9.41. The third-order valence-electron chi connectivity index (χ3n) is 6.22. The van der Waals surface area contributed by atoms with Gasteiger partial charge in [0.25, 0.3) is 5.89 Å². The van der Waals surface area contributed by atoms with Gasteiger partial charge in [0.05, 0.1) is 11.4 Å². The van der Waals surface area contributed by atoms with E-state index in [9.17, 15) is 5.11 Å². The van der Waals surface area contributed by atoms with Crippen LogP contribution < -0.4 is 4.74 Å². The number of aliphatic hydroxyl groups is 1. The molecule has 0 aliphatic heterocycles. The van der Waals surface area contributed by atoms with Crippen molar-refractivity contribution in [2.24, 2.45) is 5.92 Å². The summed E-state index contributed by atoms with van der Waals surface area (Å²) in [7, 11) is 0. The van der Waals surface area contributed by atoms with Crippen LogP contribution in [0.1, 0.15) is 57.5 Å². The minimum absolute atomic E-state index is 0.170. The Bertz CT molecular complexity index is 1210. The van der Waals surface area contributed by atoms with Crippen molar-refractivity contribution in [2.75, 3.05) is 0 Å². The van der Waals surface area contributed by atoms with Crippen molar-refractivity contribution in [3.63, 3.8) is 0 Å². The highest BCUT2D eigenvalue weighted by molar-refractivity contribution is 5.53. The number of hydrogen-bond acceptors (Lipinski definition) is 7. The topological polar surface area (TPSA) is 94.2 Å². The van der Waals surface area contributed by atoms with Crippen LogP contribution in [0.15, 0.2) is 71.5 Å². The second-order valence-corrected chi connectivity index (χ2v) is 9.41. The highest BCUT2D eigenvalue weighted by atomic mass is 16.5. The van der Waals surface area contributed by atoms with E-state index >= 15 is 0 Å². The third-order valence-corrected chi connectivity index (χ3v) is 6.22. The maximum Gasteiger partial charge on any atom is 0.258 e. The molecule has 0 saturated carbocycles. The van der Waals surface area contributed by atoms with E-state index in [1.807, 2.05) is 42.5 Å². The Hall–Kier alpha value is -3.58. The van der Waals surface area contributed by atoms with Crippen LogP contribution in [0.2, 0.25) is 0 Å². The Morgan fingerprint density at radius 1 is 0.971 bits per heavy atom. The number of benzene rings is 1. The Kier molecular flexibility index (Phi) is 6.48. The summed E-state index contributed by atoms with van der Waals surface area (Å²) in [6, 6.07) is 17.9. The standard InChI is InChI=1S/C27H30N4O3/c1-18(2)27(5,20-10-12-22(13-11-20)33-17-21-8-6-7-15-28-21)23-14-9-19(16-29-23)24-30-25(34-31-24)26(3,4)32/h6-16,18,32H,17H2,1-5H3. The molecule has 0 fully saturated rings. The first-order valence-corrected chi connectivity index (χ1v) is 11.3. The van der Waals surface area contributed by atoms with Crippen LogP contribution in [0.4, 0.5) is 0 Å². The molecule has 0 amide bonds. The fourth-order valence-electron chi connectivity index (χ4n) is 3.74. The van der Waals surface area contributed by atoms with Crippen LogP contribution in [0.25, 0.3) is 11.4 Å². The van der Waals surface area contributed by atoms with Crippen molar-refractivity contribution in [3.05, 3.63) is 89.8 Å². The molecule has 176 valence electrons. The molecule has 0 radical (unpaired) electrons. The van der Waals surface area contributed by atoms with Gasteiger partial charge >= 0.3 is 0 Å². The lowest BCUT2D eigenvalue weighted by Crippen LogP contribution is -2.31. The molecule has 34 heavy (non-hydrogen) atoms. The van der Waals surface area contributed by atoms with Gasteiger partial charge < -0.3 is 14.4 Å². The minimum Gasteiger partial charge on any atom is -0.487 e. The summed E-state index contributed by atoms with van der Waals surface area (Å²) < 4.78 is 11.1. The Morgan fingerprint density at radius 3 is 2.29 bits per heavy atom. The smallest absolute Gasteiger partial charge is 0.258 e. The van der Waals surface area contributed by atoms with E-state index in [2.05, 4.69) is 48.0 Å². The number of pyridine rings is 2. The number of rotatable bonds is 8. The summed E-state index contributed by atoms with van der Waals surface area (Å²) in [4.78, 5) is 13.4. The maximum absolute atomic E-state index is 10.1. The lowest BCUT2D eigenvalue weighted by Gasteiger charge is -2.34. The van der Waals surface area contributed by atoms with Crippen molar-refractivity contribution in [2.45, 2.75) is 52.2 Å². The summed E-state index contributed by atoms with van der Waals surface area (Å²) in [6.07, 6.45) is 3.51. The number of ether oxygens (including phenoxy) is 1. The minimum atomic E-state index is -1.19. The number of hydrogen-bond donors (Lipinski definition) is 1. The van der Waals surface area contributed by atoms with E-state index in [0.29, 0.717) is 12.4 Å². The van der Waals surface area contributed by atoms with Gasteiger partial charge in [0.2, 0.25) is 5.82 Å². The monoisotopic (exact) mass is 458 g/mol. The molecule has 7 heteroatoms. The fourth-order valence-corrected chi connectivity index (χ4v) is 3.74. The van der Waals surface area contributed by atoms with Gasteiger partial charge in [-0.3, -0.25) is 9.97 Å². The SMILES string of the molecule is CC(C)C(C)(c1ccc(OCc2ccccn2)cc1)c1ccc(-c2noc(C(C)(C)O)n2)cn1. The van der Waals surface area contributed by atoms with E-state index in [1.54, 1.807) is 26.2 Å². The third kappa shape index (κ3) is 4.84. The Morgan fingerprint density at radius 2 is 1.74 bits per heavy atom. The van der Waals surface area contributed by atoms with Crippen molar-refractivity contribution in [3.8, 4) is 17.1 Å². The van der Waals surface area contributed by atoms with E-state index in [4.69, 9.17) is 14.2 Å². The van der Waals surface area contributed by atoms with Crippen LogP contribution in [0, 0.1) is 5.92 Å². The van der Waals surface area contributed by atoms with Crippen LogP contribution in [0.3, 0.4) is 0 Å². The molecular weight excluding hydrogens is 428 g/mol. The van der Waals surface area contributed by atoms with Crippen LogP contribution in [-0.4, -0.2) is 25.2 Å². The molecule has 1 atom stereocenters. The predicted molar refractivity (Wildman–Crippen MR) is 129 cm³/mol. The average molecular weight is 459 g/mol. The van der Waals surface area contributed by atoms with Gasteiger partial charge in [-0.15, -0.1) is 0 Å². The first-order chi connectivity index (χ1) is 16.2. The Labute approximate surface area is 199 Å². The first-order valence-electron chi connectivity index (χ1n) is 11.3. The normalized spacial score (nSPS) is 13.6. The molecular formula is C27H30N4O3. The van der Waals surface area contributed by atoms with Gasteiger partial charge in [-0.05, 0) is 68.7 Å². The number of nitrogens with zero attached hydrogens (tertiary/aromatic N) is 4. The molecule has 3 heterocycles. The summed E-state index contributed by atoms with van der Waals surface area (Å²) in [5, 5.41) is 14.1. The molecule has 0 aliphatic carbocycles. The molecule has 0 spiro atoms. The summed E-state index contributed by atoms with van der Waals surface area (Å²) >= 11 is 0. The lowest BCUT2D eigenvalue weighted by molar-refractivity contribution is 0.0420. The van der Waals surface area contributed by atoms with Gasteiger partial charge in [0.15, 0.2) is 0 Å². The zero-order chi connectivity index (χ0) is 24.3. The first kappa shape index (κ1) is 23.6. The number of aromatic nitrogens is 4. The van der Waals surface area contributed by atoms with Crippen molar-refractivity contribution in [1.82, 2.24) is 20.1 Å². The van der Waals surface area contributed by atoms with Gasteiger partial charge in [-0.25, -0.2) is 0 Å². The second kappa shape index (κ2) is 9.35. The summed E-state index contributed by atoms with van der Waals surface area (Å²) in [5.41, 5.74) is 2.21. The van der Waals surface area contributed by atoms with Crippen LogP contribution >= 0.6 is 0 Å².